The van der Waals surface area contributed by atoms with Crippen LogP contribution in [-0.4, -0.2) is 35.9 Å². The molecule has 35 heavy (non-hydrogen) atoms. The maximum Gasteiger partial charge on any atom is 0.229 e. The number of hydrogen-bond donors (Lipinski definition) is 3. The fourth-order valence-electron chi connectivity index (χ4n) is 4.39. The van der Waals surface area contributed by atoms with Crippen molar-refractivity contribution in [3.63, 3.8) is 0 Å². The van der Waals surface area contributed by atoms with E-state index in [-0.39, 0.29) is 16.9 Å². The molecular weight excluding hydrogens is 486 g/mol. The number of nitrogens with one attached hydrogen (secondary N) is 2. The second kappa shape index (κ2) is 8.82. The van der Waals surface area contributed by atoms with Gasteiger partial charge in [-0.25, -0.2) is 13.4 Å². The van der Waals surface area contributed by atoms with Crippen LogP contribution in [0.1, 0.15) is 22.7 Å². The van der Waals surface area contributed by atoms with E-state index in [1.54, 1.807) is 12.3 Å². The van der Waals surface area contributed by atoms with Crippen LogP contribution in [-0.2, 0) is 16.4 Å². The Balaban J connectivity index is 1.61. The van der Waals surface area contributed by atoms with Crippen LogP contribution < -0.4 is 10.0 Å². The number of aromatic nitrogens is 2. The van der Waals surface area contributed by atoms with Crippen molar-refractivity contribution in [3.8, 4) is 17.2 Å². The van der Waals surface area contributed by atoms with Crippen molar-refractivity contribution in [2.75, 3.05) is 16.3 Å². The summed E-state index contributed by atoms with van der Waals surface area (Å²) < 4.78 is 25.8. The number of nitrogens with zero attached hydrogens (tertiary/aromatic N) is 3. The number of sulfonamides is 1. The molecule has 5 rings (SSSR count). The van der Waals surface area contributed by atoms with E-state index in [1.165, 1.54) is 6.20 Å². The van der Waals surface area contributed by atoms with Crippen molar-refractivity contribution in [2.45, 2.75) is 18.6 Å². The number of halogens is 1. The number of rotatable bonds is 5. The molecule has 2 aromatic heterocycles. The number of anilines is 2. The largest absolute Gasteiger partial charge is 0.390 e. The molecule has 8 nitrogen and oxygen atoms in total. The molecule has 176 valence electrons. The normalized spacial score (nSPS) is 17.1. The van der Waals surface area contributed by atoms with Crippen LogP contribution in [0.5, 0.6) is 0 Å². The Kier molecular flexibility index (Phi) is 5.81. The first-order chi connectivity index (χ1) is 16.7. The van der Waals surface area contributed by atoms with E-state index in [9.17, 15) is 18.8 Å². The fraction of sp³-hybridized carbons (Fsp3) is 0.160. The van der Waals surface area contributed by atoms with Crippen LogP contribution in [0.15, 0.2) is 60.9 Å². The van der Waals surface area contributed by atoms with Gasteiger partial charge in [0.15, 0.2) is 5.15 Å². The highest BCUT2D eigenvalue weighted by Crippen LogP contribution is 2.38. The van der Waals surface area contributed by atoms with E-state index in [4.69, 9.17) is 11.6 Å². The molecule has 1 aliphatic rings. The van der Waals surface area contributed by atoms with Crippen molar-refractivity contribution in [2.24, 2.45) is 0 Å². The molecule has 0 fully saturated rings. The van der Waals surface area contributed by atoms with Crippen molar-refractivity contribution < 1.29 is 13.5 Å². The van der Waals surface area contributed by atoms with Crippen molar-refractivity contribution >= 4 is 43.9 Å². The van der Waals surface area contributed by atoms with Gasteiger partial charge in [0, 0.05) is 29.8 Å². The molecule has 4 aromatic rings. The fourth-order valence-corrected chi connectivity index (χ4v) is 5.15. The van der Waals surface area contributed by atoms with Gasteiger partial charge in [0.05, 0.1) is 40.9 Å². The lowest BCUT2D eigenvalue weighted by molar-refractivity contribution is 0.166. The maximum absolute atomic E-state index is 11.7. The number of benzene rings is 2. The molecule has 0 saturated heterocycles. The van der Waals surface area contributed by atoms with Crippen LogP contribution in [0, 0.1) is 11.3 Å². The summed E-state index contributed by atoms with van der Waals surface area (Å²) in [5, 5.41) is 24.7. The van der Waals surface area contributed by atoms with Crippen LogP contribution in [0.3, 0.4) is 0 Å². The van der Waals surface area contributed by atoms with Gasteiger partial charge in [-0.15, -0.1) is 0 Å². The number of aliphatic hydroxyl groups excluding tert-OH is 1. The zero-order chi connectivity index (χ0) is 24.7. The van der Waals surface area contributed by atoms with Gasteiger partial charge in [0.1, 0.15) is 6.07 Å². The lowest BCUT2D eigenvalue weighted by atomic mass is 10.0. The Bertz CT molecular complexity index is 1620. The zero-order valence-electron chi connectivity index (χ0n) is 18.5. The summed E-state index contributed by atoms with van der Waals surface area (Å²) >= 11 is 6.08. The highest BCUT2D eigenvalue weighted by Gasteiger charge is 2.31. The third-order valence-corrected chi connectivity index (χ3v) is 6.85. The van der Waals surface area contributed by atoms with E-state index in [0.717, 1.165) is 22.9 Å². The lowest BCUT2D eigenvalue weighted by Crippen LogP contribution is -2.21. The topological polar surface area (TPSA) is 128 Å². The minimum Gasteiger partial charge on any atom is -0.390 e. The SMILES string of the molecule is CS(=O)(=O)Nc1cc(-c2ccc3ncc(C#N)c(NC4c5ccccc5CC4O)c3c2)cnc1Cl. The molecule has 0 aliphatic heterocycles. The monoisotopic (exact) mass is 505 g/mol. The Morgan fingerprint density at radius 2 is 1.91 bits per heavy atom. The van der Waals surface area contributed by atoms with E-state index < -0.39 is 16.1 Å². The first kappa shape index (κ1) is 23.1. The average molecular weight is 506 g/mol. The van der Waals surface area contributed by atoms with E-state index in [0.29, 0.717) is 34.1 Å². The Morgan fingerprint density at radius 1 is 1.11 bits per heavy atom. The van der Waals surface area contributed by atoms with E-state index in [1.807, 2.05) is 42.5 Å². The van der Waals surface area contributed by atoms with Gasteiger partial charge in [0.2, 0.25) is 10.0 Å². The highest BCUT2D eigenvalue weighted by atomic mass is 35.5. The van der Waals surface area contributed by atoms with Gasteiger partial charge in [-0.3, -0.25) is 9.71 Å². The molecule has 2 atom stereocenters. The summed E-state index contributed by atoms with van der Waals surface area (Å²) in [5.41, 5.74) is 5.15. The predicted octanol–water partition coefficient (Wildman–Crippen LogP) is 4.26. The first-order valence-electron chi connectivity index (χ1n) is 10.7. The maximum atomic E-state index is 11.7. The number of aliphatic hydroxyl groups is 1. The summed E-state index contributed by atoms with van der Waals surface area (Å²) in [5.74, 6) is 0. The second-order valence-electron chi connectivity index (χ2n) is 8.42. The van der Waals surface area contributed by atoms with Crippen molar-refractivity contribution in [1.29, 1.82) is 5.26 Å². The standard InChI is InChI=1S/C25H20ClN5O3S/c1-35(33,34)31-21-9-16(12-29-25(21)26)14-6-7-20-19(8-14)23(17(11-27)13-28-20)30-24-18-5-3-2-4-15(18)10-22(24)32/h2-9,12-13,22,24,31-32H,10H2,1H3,(H,28,30). The second-order valence-corrected chi connectivity index (χ2v) is 10.5. The number of nitriles is 1. The molecule has 2 unspecified atom stereocenters. The van der Waals surface area contributed by atoms with Gasteiger partial charge in [0.25, 0.3) is 0 Å². The molecule has 0 spiro atoms. The summed E-state index contributed by atoms with van der Waals surface area (Å²) in [6.45, 7) is 0. The van der Waals surface area contributed by atoms with Gasteiger partial charge in [-0.1, -0.05) is 41.9 Å². The van der Waals surface area contributed by atoms with Crippen LogP contribution in [0.2, 0.25) is 5.15 Å². The molecule has 2 aromatic carbocycles. The Labute approximate surface area is 207 Å². The molecule has 0 saturated carbocycles. The summed E-state index contributed by atoms with van der Waals surface area (Å²) in [6.07, 6.45) is 3.97. The van der Waals surface area contributed by atoms with Gasteiger partial charge >= 0.3 is 0 Å². The smallest absolute Gasteiger partial charge is 0.229 e. The predicted molar refractivity (Wildman–Crippen MR) is 136 cm³/mol. The van der Waals surface area contributed by atoms with Gasteiger partial charge in [-0.05, 0) is 34.9 Å². The zero-order valence-corrected chi connectivity index (χ0v) is 20.1. The molecule has 1 aliphatic carbocycles. The van der Waals surface area contributed by atoms with Crippen LogP contribution >= 0.6 is 11.6 Å². The summed E-state index contributed by atoms with van der Waals surface area (Å²) in [4.78, 5) is 8.53. The summed E-state index contributed by atoms with van der Waals surface area (Å²) in [7, 11) is -3.55. The quantitative estimate of drug-likeness (QED) is 0.345. The Morgan fingerprint density at radius 3 is 2.69 bits per heavy atom. The minimum absolute atomic E-state index is 0.0321. The third kappa shape index (κ3) is 4.51. The van der Waals surface area contributed by atoms with Crippen molar-refractivity contribution in [3.05, 3.63) is 82.8 Å². The molecule has 0 bridgehead atoms. The molecule has 3 N–H and O–H groups in total. The van der Waals surface area contributed by atoms with Gasteiger partial charge in [-0.2, -0.15) is 5.26 Å². The van der Waals surface area contributed by atoms with Gasteiger partial charge < -0.3 is 10.4 Å². The summed E-state index contributed by atoms with van der Waals surface area (Å²) in [6, 6.07) is 16.7. The molecule has 0 radical (unpaired) electrons. The van der Waals surface area contributed by atoms with Crippen LogP contribution in [0.4, 0.5) is 11.4 Å². The first-order valence-corrected chi connectivity index (χ1v) is 13.0. The number of fused-ring (bicyclic) bond motifs is 2. The van der Waals surface area contributed by atoms with Crippen LogP contribution in [0.25, 0.3) is 22.0 Å². The molecule has 10 heteroatoms. The minimum atomic E-state index is -3.55. The molecule has 0 amide bonds. The van der Waals surface area contributed by atoms with E-state index >= 15 is 0 Å². The van der Waals surface area contributed by atoms with E-state index in [2.05, 4.69) is 26.1 Å². The third-order valence-electron chi connectivity index (χ3n) is 5.96. The highest BCUT2D eigenvalue weighted by molar-refractivity contribution is 7.92. The van der Waals surface area contributed by atoms with Crippen molar-refractivity contribution in [1.82, 2.24) is 9.97 Å². The Hall–Kier alpha value is -3.71. The lowest BCUT2D eigenvalue weighted by Gasteiger charge is -2.21. The molecular formula is C25H20ClN5O3S. The average Bonchev–Trinajstić information content (AvgIpc) is 3.14. The number of pyridine rings is 2. The molecule has 2 heterocycles. The number of hydrogen-bond acceptors (Lipinski definition) is 7.